The minimum Gasteiger partial charge on any atom is -0.481 e. The molecule has 0 aliphatic carbocycles. The van der Waals surface area contributed by atoms with Crippen LogP contribution in [-0.2, 0) is 14.3 Å². The van der Waals surface area contributed by atoms with E-state index in [-0.39, 0.29) is 12.3 Å². The second-order valence-electron chi connectivity index (χ2n) is 3.82. The number of carbonyl (C=O) groups is 2. The third kappa shape index (κ3) is 14.4. The third-order valence-electron chi connectivity index (χ3n) is 2.32. The Labute approximate surface area is 109 Å². The molecule has 1 atom stereocenters. The Morgan fingerprint density at radius 1 is 1.33 bits per heavy atom. The number of hydrogen-bond acceptors (Lipinski definition) is 3. The number of aliphatic carboxylic acids is 1. The van der Waals surface area contributed by atoms with Crippen LogP contribution in [0.1, 0.15) is 39.0 Å². The molecule has 4 nitrogen and oxygen atoms in total. The number of methoxy groups -OCH3 is 1. The molecule has 0 rings (SSSR count). The average molecular weight is 256 g/mol. The Morgan fingerprint density at radius 3 is 2.22 bits per heavy atom. The minimum absolute atomic E-state index is 0.161. The molecular formula is C14H24O4. The number of esters is 1. The van der Waals surface area contributed by atoms with Gasteiger partial charge in [0.15, 0.2) is 0 Å². The van der Waals surface area contributed by atoms with Crippen LogP contribution in [0.4, 0.5) is 0 Å². The molecule has 0 aromatic rings. The molecule has 0 heterocycles. The van der Waals surface area contributed by atoms with Gasteiger partial charge in [0.1, 0.15) is 0 Å². The lowest BCUT2D eigenvalue weighted by atomic mass is 9.98. The van der Waals surface area contributed by atoms with Gasteiger partial charge in [0.05, 0.1) is 13.5 Å². The zero-order valence-electron chi connectivity index (χ0n) is 11.4. The van der Waals surface area contributed by atoms with Gasteiger partial charge in [-0.15, -0.1) is 6.58 Å². The van der Waals surface area contributed by atoms with Crippen molar-refractivity contribution >= 4 is 11.9 Å². The van der Waals surface area contributed by atoms with Crippen LogP contribution < -0.4 is 0 Å². The van der Waals surface area contributed by atoms with Crippen LogP contribution >= 0.6 is 0 Å². The highest BCUT2D eigenvalue weighted by molar-refractivity contribution is 5.80. The predicted octanol–water partition coefficient (Wildman–Crippen LogP) is 3.19. The first kappa shape index (κ1) is 18.8. The van der Waals surface area contributed by atoms with Crippen molar-refractivity contribution in [2.75, 3.05) is 7.11 Å². The molecule has 0 radical (unpaired) electrons. The van der Waals surface area contributed by atoms with Crippen LogP contribution in [-0.4, -0.2) is 24.2 Å². The number of ether oxygens (including phenoxy) is 1. The smallest absolute Gasteiger partial charge is 0.329 e. The molecular weight excluding hydrogens is 232 g/mol. The molecule has 1 N–H and O–H groups in total. The summed E-state index contributed by atoms with van der Waals surface area (Å²) in [5.41, 5.74) is 0. The van der Waals surface area contributed by atoms with Gasteiger partial charge < -0.3 is 9.84 Å². The van der Waals surface area contributed by atoms with Crippen LogP contribution in [0.25, 0.3) is 0 Å². The molecule has 1 unspecified atom stereocenters. The molecule has 0 saturated carbocycles. The molecule has 0 aliphatic heterocycles. The molecule has 0 saturated heterocycles. The second kappa shape index (κ2) is 13.5. The number of unbranched alkanes of at least 4 members (excludes halogenated alkanes) is 2. The maximum absolute atomic E-state index is 10.4. The summed E-state index contributed by atoms with van der Waals surface area (Å²) in [5.74, 6) is -0.958. The van der Waals surface area contributed by atoms with E-state index in [4.69, 9.17) is 5.11 Å². The number of carbonyl (C=O) groups excluding carboxylic acids is 1. The topological polar surface area (TPSA) is 63.6 Å². The van der Waals surface area contributed by atoms with E-state index in [1.807, 2.05) is 0 Å². The van der Waals surface area contributed by atoms with Crippen molar-refractivity contribution in [3.8, 4) is 0 Å². The highest BCUT2D eigenvalue weighted by atomic mass is 16.5. The first-order valence-electron chi connectivity index (χ1n) is 6.06. The summed E-state index contributed by atoms with van der Waals surface area (Å²) in [6.45, 7) is 8.93. The van der Waals surface area contributed by atoms with E-state index in [0.717, 1.165) is 18.9 Å². The van der Waals surface area contributed by atoms with E-state index in [2.05, 4.69) is 24.8 Å². The average Bonchev–Trinajstić information content (AvgIpc) is 2.37. The monoisotopic (exact) mass is 256 g/mol. The first-order valence-corrected chi connectivity index (χ1v) is 6.06. The molecule has 0 bridgehead atoms. The highest BCUT2D eigenvalue weighted by Crippen LogP contribution is 2.14. The molecule has 0 amide bonds. The number of carboxylic acids is 1. The van der Waals surface area contributed by atoms with Gasteiger partial charge in [0, 0.05) is 6.08 Å². The SMILES string of the molecule is C=CC(=O)OC.C=CC(CCCCC)CC(=O)O. The Morgan fingerprint density at radius 2 is 1.94 bits per heavy atom. The standard InChI is InChI=1S/C10H18O2.C4H6O2/c1-3-5-6-7-9(4-2)8-10(11)12;1-3-4(5)6-2/h4,9H,2-3,5-8H2,1H3,(H,11,12);3H,1H2,2H3. The molecule has 0 aromatic carbocycles. The zero-order chi connectivity index (χ0) is 14.4. The van der Waals surface area contributed by atoms with Crippen molar-refractivity contribution in [1.82, 2.24) is 0 Å². The van der Waals surface area contributed by atoms with Gasteiger partial charge in [-0.05, 0) is 12.3 Å². The first-order chi connectivity index (χ1) is 8.51. The maximum atomic E-state index is 10.4. The lowest BCUT2D eigenvalue weighted by Gasteiger charge is -2.07. The second-order valence-corrected chi connectivity index (χ2v) is 3.82. The fourth-order valence-electron chi connectivity index (χ4n) is 1.27. The number of rotatable bonds is 8. The Kier molecular flexibility index (Phi) is 14.1. The van der Waals surface area contributed by atoms with Gasteiger partial charge in [0.2, 0.25) is 0 Å². The minimum atomic E-state index is -0.726. The van der Waals surface area contributed by atoms with Crippen LogP contribution in [0.2, 0.25) is 0 Å². The number of hydrogen-bond donors (Lipinski definition) is 1. The molecule has 0 spiro atoms. The highest BCUT2D eigenvalue weighted by Gasteiger charge is 2.08. The molecule has 4 heteroatoms. The van der Waals surface area contributed by atoms with Gasteiger partial charge in [-0.25, -0.2) is 4.79 Å². The van der Waals surface area contributed by atoms with Crippen molar-refractivity contribution in [2.45, 2.75) is 39.0 Å². The summed E-state index contributed by atoms with van der Waals surface area (Å²) in [6.07, 6.45) is 7.53. The molecule has 104 valence electrons. The van der Waals surface area contributed by atoms with Gasteiger partial charge >= 0.3 is 11.9 Å². The zero-order valence-corrected chi connectivity index (χ0v) is 11.4. The van der Waals surface area contributed by atoms with E-state index in [1.165, 1.54) is 20.0 Å². The van der Waals surface area contributed by atoms with E-state index < -0.39 is 11.9 Å². The van der Waals surface area contributed by atoms with Crippen LogP contribution in [0.5, 0.6) is 0 Å². The van der Waals surface area contributed by atoms with Gasteiger partial charge in [-0.2, -0.15) is 0 Å². The molecule has 18 heavy (non-hydrogen) atoms. The summed E-state index contributed by atoms with van der Waals surface area (Å²) in [7, 11) is 1.31. The van der Waals surface area contributed by atoms with E-state index in [0.29, 0.717) is 0 Å². The molecule has 0 aromatic heterocycles. The van der Waals surface area contributed by atoms with Gasteiger partial charge in [-0.1, -0.05) is 38.8 Å². The summed E-state index contributed by atoms with van der Waals surface area (Å²) in [4.78, 5) is 20.2. The predicted molar refractivity (Wildman–Crippen MR) is 72.3 cm³/mol. The lowest BCUT2D eigenvalue weighted by molar-refractivity contribution is -0.138. The van der Waals surface area contributed by atoms with Crippen molar-refractivity contribution in [3.63, 3.8) is 0 Å². The van der Waals surface area contributed by atoms with Gasteiger partial charge in [0.25, 0.3) is 0 Å². The largest absolute Gasteiger partial charge is 0.481 e. The van der Waals surface area contributed by atoms with Crippen LogP contribution in [0.15, 0.2) is 25.3 Å². The Bertz CT molecular complexity index is 259. The number of carboxylic acid groups (broad SMARTS) is 1. The normalized spacial score (nSPS) is 10.6. The third-order valence-corrected chi connectivity index (χ3v) is 2.32. The Hall–Kier alpha value is -1.58. The van der Waals surface area contributed by atoms with Crippen molar-refractivity contribution in [1.29, 1.82) is 0 Å². The van der Waals surface area contributed by atoms with E-state index in [9.17, 15) is 9.59 Å². The van der Waals surface area contributed by atoms with E-state index >= 15 is 0 Å². The van der Waals surface area contributed by atoms with Crippen molar-refractivity contribution in [3.05, 3.63) is 25.3 Å². The Balaban J connectivity index is 0. The summed E-state index contributed by atoms with van der Waals surface area (Å²) >= 11 is 0. The molecule has 0 fully saturated rings. The fraction of sp³-hybridized carbons (Fsp3) is 0.571. The summed E-state index contributed by atoms with van der Waals surface area (Å²) in [6, 6.07) is 0. The van der Waals surface area contributed by atoms with Crippen molar-refractivity contribution in [2.24, 2.45) is 5.92 Å². The van der Waals surface area contributed by atoms with Crippen molar-refractivity contribution < 1.29 is 19.4 Å². The number of allylic oxidation sites excluding steroid dienone is 1. The molecule has 0 aliphatic rings. The van der Waals surface area contributed by atoms with Crippen LogP contribution in [0.3, 0.4) is 0 Å². The van der Waals surface area contributed by atoms with Gasteiger partial charge in [-0.3, -0.25) is 4.79 Å². The summed E-state index contributed by atoms with van der Waals surface area (Å²) < 4.78 is 4.14. The maximum Gasteiger partial charge on any atom is 0.329 e. The summed E-state index contributed by atoms with van der Waals surface area (Å²) in [5, 5.41) is 8.52. The van der Waals surface area contributed by atoms with Crippen LogP contribution in [0, 0.1) is 5.92 Å². The fourth-order valence-corrected chi connectivity index (χ4v) is 1.27. The lowest BCUT2D eigenvalue weighted by Crippen LogP contribution is -2.04. The van der Waals surface area contributed by atoms with E-state index in [1.54, 1.807) is 6.08 Å². The quantitative estimate of drug-likeness (QED) is 0.313.